The fourth-order valence-electron chi connectivity index (χ4n) is 1.98. The van der Waals surface area contributed by atoms with Gasteiger partial charge in [0.05, 0.1) is 10.6 Å². The first-order valence-electron chi connectivity index (χ1n) is 6.54. The maximum absolute atomic E-state index is 12.1. The van der Waals surface area contributed by atoms with Gasteiger partial charge < -0.3 is 9.73 Å². The fraction of sp³-hybridized carbons (Fsp3) is 0.429. The smallest absolute Gasteiger partial charge is 0.389 e. The predicted octanol–water partition coefficient (Wildman–Crippen LogP) is 5.41. The zero-order chi connectivity index (χ0) is 15.3. The second-order valence-electron chi connectivity index (χ2n) is 4.62. The van der Waals surface area contributed by atoms with Crippen LogP contribution >= 0.6 is 22.9 Å². The van der Waals surface area contributed by atoms with E-state index in [9.17, 15) is 13.2 Å². The number of thiophene rings is 1. The van der Waals surface area contributed by atoms with Crippen LogP contribution in [-0.4, -0.2) is 12.7 Å². The molecule has 0 radical (unpaired) electrons. The molecule has 2 heterocycles. The molecule has 0 saturated heterocycles. The van der Waals surface area contributed by atoms with Crippen molar-refractivity contribution < 1.29 is 17.6 Å². The van der Waals surface area contributed by atoms with Crippen molar-refractivity contribution in [1.29, 1.82) is 0 Å². The molecule has 2 rings (SSSR count). The van der Waals surface area contributed by atoms with Gasteiger partial charge in [-0.2, -0.15) is 13.2 Å². The van der Waals surface area contributed by atoms with Crippen LogP contribution in [0.2, 0.25) is 4.34 Å². The molecule has 116 valence electrons. The Morgan fingerprint density at radius 3 is 2.62 bits per heavy atom. The van der Waals surface area contributed by atoms with Gasteiger partial charge in [0.2, 0.25) is 0 Å². The quantitative estimate of drug-likeness (QED) is 0.684. The Bertz CT molecular complexity index is 539. The standard InChI is InChI=1S/C14H15ClF3NOS/c15-12-6-5-11(21-12)13(10-4-3-9-20-10)19-8-2-1-7-14(16,17)18/h3-6,9,13,19H,1-2,7-8H2. The molecule has 0 aromatic carbocycles. The Balaban J connectivity index is 1.89. The molecule has 2 aromatic heterocycles. The van der Waals surface area contributed by atoms with E-state index >= 15 is 0 Å². The molecule has 1 N–H and O–H groups in total. The minimum atomic E-state index is -4.08. The zero-order valence-electron chi connectivity index (χ0n) is 11.1. The minimum absolute atomic E-state index is 0.118. The molecule has 0 bridgehead atoms. The van der Waals surface area contributed by atoms with Crippen LogP contribution in [0.4, 0.5) is 13.2 Å². The van der Waals surface area contributed by atoms with E-state index in [1.807, 2.05) is 12.1 Å². The third-order valence-electron chi connectivity index (χ3n) is 2.94. The Morgan fingerprint density at radius 2 is 2.05 bits per heavy atom. The Labute approximate surface area is 129 Å². The van der Waals surface area contributed by atoms with Crippen molar-refractivity contribution in [1.82, 2.24) is 5.32 Å². The Hall–Kier alpha value is -0.980. The highest BCUT2D eigenvalue weighted by atomic mass is 35.5. The molecular formula is C14H15ClF3NOS. The van der Waals surface area contributed by atoms with Gasteiger partial charge in [0.1, 0.15) is 11.8 Å². The van der Waals surface area contributed by atoms with E-state index in [-0.39, 0.29) is 12.5 Å². The summed E-state index contributed by atoms with van der Waals surface area (Å²) in [7, 11) is 0. The molecule has 1 unspecified atom stereocenters. The summed E-state index contributed by atoms with van der Waals surface area (Å²) in [6.45, 7) is 0.483. The summed E-state index contributed by atoms with van der Waals surface area (Å²) in [6.07, 6.45) is -2.68. The van der Waals surface area contributed by atoms with Gasteiger partial charge in [0.15, 0.2) is 0 Å². The van der Waals surface area contributed by atoms with Gasteiger partial charge >= 0.3 is 6.18 Å². The topological polar surface area (TPSA) is 25.2 Å². The molecular weight excluding hydrogens is 323 g/mol. The molecule has 7 heteroatoms. The van der Waals surface area contributed by atoms with Crippen LogP contribution < -0.4 is 5.32 Å². The van der Waals surface area contributed by atoms with Crippen LogP contribution in [0.3, 0.4) is 0 Å². The zero-order valence-corrected chi connectivity index (χ0v) is 12.7. The van der Waals surface area contributed by atoms with E-state index in [1.165, 1.54) is 11.3 Å². The first-order valence-corrected chi connectivity index (χ1v) is 7.74. The van der Waals surface area contributed by atoms with Crippen LogP contribution in [0.5, 0.6) is 0 Å². The molecule has 1 atom stereocenters. The van der Waals surface area contributed by atoms with Crippen molar-refractivity contribution in [3.05, 3.63) is 45.5 Å². The largest absolute Gasteiger partial charge is 0.467 e. The predicted molar refractivity (Wildman–Crippen MR) is 77.8 cm³/mol. The lowest BCUT2D eigenvalue weighted by molar-refractivity contribution is -0.135. The monoisotopic (exact) mass is 337 g/mol. The molecule has 0 aliphatic carbocycles. The highest BCUT2D eigenvalue weighted by molar-refractivity contribution is 7.16. The maximum Gasteiger partial charge on any atom is 0.389 e. The molecule has 0 aliphatic heterocycles. The summed E-state index contributed by atoms with van der Waals surface area (Å²) in [5.74, 6) is 0.726. The van der Waals surface area contributed by atoms with Gasteiger partial charge in [-0.3, -0.25) is 0 Å². The molecule has 0 aliphatic rings. The Kier molecular flexibility index (Phi) is 5.72. The summed E-state index contributed by atoms with van der Waals surface area (Å²) >= 11 is 7.36. The average molecular weight is 338 g/mol. The van der Waals surface area contributed by atoms with E-state index in [0.29, 0.717) is 17.3 Å². The fourth-order valence-corrected chi connectivity index (χ4v) is 3.12. The lowest BCUT2D eigenvalue weighted by Crippen LogP contribution is -2.22. The third-order valence-corrected chi connectivity index (χ3v) is 4.24. The van der Waals surface area contributed by atoms with Gasteiger partial charge in [-0.05, 0) is 43.7 Å². The van der Waals surface area contributed by atoms with Crippen molar-refractivity contribution in [2.24, 2.45) is 0 Å². The van der Waals surface area contributed by atoms with Crippen LogP contribution in [0.25, 0.3) is 0 Å². The first-order chi connectivity index (χ1) is 9.96. The number of rotatable bonds is 7. The van der Waals surface area contributed by atoms with Crippen LogP contribution in [0.15, 0.2) is 34.9 Å². The number of hydrogen-bond acceptors (Lipinski definition) is 3. The summed E-state index contributed by atoms with van der Waals surface area (Å²) in [5.41, 5.74) is 0. The van der Waals surface area contributed by atoms with E-state index < -0.39 is 12.6 Å². The second kappa shape index (κ2) is 7.33. The molecule has 21 heavy (non-hydrogen) atoms. The summed E-state index contributed by atoms with van der Waals surface area (Å²) < 4.78 is 42.3. The van der Waals surface area contributed by atoms with Crippen LogP contribution in [0, 0.1) is 0 Å². The van der Waals surface area contributed by atoms with E-state index in [1.54, 1.807) is 18.4 Å². The van der Waals surface area contributed by atoms with Gasteiger partial charge in [-0.1, -0.05) is 11.6 Å². The highest BCUT2D eigenvalue weighted by Gasteiger charge is 2.26. The van der Waals surface area contributed by atoms with Crippen molar-refractivity contribution >= 4 is 22.9 Å². The average Bonchev–Trinajstić information content (AvgIpc) is 3.04. The van der Waals surface area contributed by atoms with Gasteiger partial charge in [0, 0.05) is 11.3 Å². The van der Waals surface area contributed by atoms with Crippen molar-refractivity contribution in [2.75, 3.05) is 6.54 Å². The lowest BCUT2D eigenvalue weighted by Gasteiger charge is -2.15. The molecule has 0 spiro atoms. The number of alkyl halides is 3. The maximum atomic E-state index is 12.1. The third kappa shape index (κ3) is 5.37. The molecule has 0 amide bonds. The summed E-state index contributed by atoms with van der Waals surface area (Å²) in [5, 5.41) is 3.23. The summed E-state index contributed by atoms with van der Waals surface area (Å²) in [4.78, 5) is 0.978. The minimum Gasteiger partial charge on any atom is -0.467 e. The number of nitrogens with one attached hydrogen (secondary N) is 1. The number of unbranched alkanes of at least 4 members (excludes halogenated alkanes) is 1. The number of halogens is 4. The lowest BCUT2D eigenvalue weighted by atomic mass is 10.1. The van der Waals surface area contributed by atoms with E-state index in [0.717, 1.165) is 10.6 Å². The normalized spacial score (nSPS) is 13.5. The summed E-state index contributed by atoms with van der Waals surface area (Å²) in [6, 6.07) is 7.12. The van der Waals surface area contributed by atoms with Crippen molar-refractivity contribution in [3.63, 3.8) is 0 Å². The van der Waals surface area contributed by atoms with Crippen molar-refractivity contribution in [2.45, 2.75) is 31.5 Å². The van der Waals surface area contributed by atoms with E-state index in [4.69, 9.17) is 16.0 Å². The van der Waals surface area contributed by atoms with Crippen LogP contribution in [0.1, 0.15) is 35.9 Å². The first kappa shape index (κ1) is 16.4. The number of furan rings is 1. The van der Waals surface area contributed by atoms with Gasteiger partial charge in [0.25, 0.3) is 0 Å². The number of hydrogen-bond donors (Lipinski definition) is 1. The highest BCUT2D eigenvalue weighted by Crippen LogP contribution is 2.31. The van der Waals surface area contributed by atoms with Gasteiger partial charge in [-0.15, -0.1) is 11.3 Å². The van der Waals surface area contributed by atoms with E-state index in [2.05, 4.69) is 5.32 Å². The molecule has 2 aromatic rings. The van der Waals surface area contributed by atoms with Crippen LogP contribution in [-0.2, 0) is 0 Å². The second-order valence-corrected chi connectivity index (χ2v) is 6.36. The Morgan fingerprint density at radius 1 is 1.24 bits per heavy atom. The molecule has 2 nitrogen and oxygen atoms in total. The van der Waals surface area contributed by atoms with Crippen molar-refractivity contribution in [3.8, 4) is 0 Å². The van der Waals surface area contributed by atoms with Gasteiger partial charge in [-0.25, -0.2) is 0 Å². The molecule has 0 fully saturated rings. The SMILES string of the molecule is FC(F)(F)CCCCNC(c1ccco1)c1ccc(Cl)s1. The molecule has 0 saturated carbocycles.